The van der Waals surface area contributed by atoms with Gasteiger partial charge >= 0.3 is 50.8 Å². The fourth-order valence-corrected chi connectivity index (χ4v) is 20.8. The molecule has 11 aliphatic rings. The lowest BCUT2D eigenvalue weighted by Crippen LogP contribution is -2.60. The first-order valence-corrected chi connectivity index (χ1v) is 52.9. The lowest BCUT2D eigenvalue weighted by molar-refractivity contribution is -0.148. The van der Waals surface area contributed by atoms with Crippen molar-refractivity contribution >= 4 is 136 Å². The van der Waals surface area contributed by atoms with Gasteiger partial charge in [0.2, 0.25) is 47.2 Å². The first kappa shape index (κ1) is 111. The second-order valence-electron chi connectivity index (χ2n) is 42.4. The minimum Gasteiger partial charge on any atom is -0.479 e. The summed E-state index contributed by atoms with van der Waals surface area (Å²) in [5, 5.41) is 44.6. The van der Waals surface area contributed by atoms with Gasteiger partial charge in [-0.15, -0.1) is 19.7 Å². The second-order valence-corrected chi connectivity index (χ2v) is 45.3. The van der Waals surface area contributed by atoms with Crippen LogP contribution in [0.1, 0.15) is 204 Å². The summed E-state index contributed by atoms with van der Waals surface area (Å²) in [7, 11) is -6.82. The van der Waals surface area contributed by atoms with Crippen LogP contribution in [0.4, 0.5) is 14.4 Å². The highest BCUT2D eigenvalue weighted by Crippen LogP contribution is 2.49. The number of amides is 10. The number of benzene rings is 3. The Morgan fingerprint density at radius 2 is 0.781 bits per heavy atom. The van der Waals surface area contributed by atoms with Gasteiger partial charge in [-0.3, -0.25) is 41.9 Å². The van der Waals surface area contributed by atoms with Gasteiger partial charge in [-0.05, 0) is 181 Å². The Kier molecular flexibility index (Phi) is 35.3. The summed E-state index contributed by atoms with van der Waals surface area (Å²) < 4.78 is 90.2. The molecule has 3 aromatic carbocycles. The van der Waals surface area contributed by atoms with Crippen LogP contribution in [-0.4, -0.2) is 257 Å². The van der Waals surface area contributed by atoms with E-state index in [1.807, 2.05) is 116 Å². The molecule has 8 aliphatic carbocycles. The molecule has 8 saturated carbocycles. The van der Waals surface area contributed by atoms with E-state index in [1.54, 1.807) is 65.8 Å². The second kappa shape index (κ2) is 46.5. The van der Waals surface area contributed by atoms with Crippen molar-refractivity contribution in [3.63, 3.8) is 0 Å². The largest absolute Gasteiger partial charge is 0.479 e. The molecule has 10 amide bonds. The zero-order chi connectivity index (χ0) is 106. The number of hydrogen-bond acceptors (Lipinski definition) is 28. The van der Waals surface area contributed by atoms with Crippen molar-refractivity contribution in [3.05, 3.63) is 152 Å². The molecule has 0 radical (unpaired) electrons. The van der Waals surface area contributed by atoms with Gasteiger partial charge < -0.3 is 85.2 Å². The molecule has 17 rings (SSSR count). The molecule has 11 fully saturated rings. The molecule has 0 unspecified atom stereocenters. The van der Waals surface area contributed by atoms with Gasteiger partial charge in [-0.1, -0.05) is 147 Å². The number of nitrogens with one attached hydrogen (secondary N) is 7. The predicted octanol–water partition coefficient (Wildman–Crippen LogP) is 10.6. The van der Waals surface area contributed by atoms with Crippen LogP contribution in [0.5, 0.6) is 11.8 Å². The number of halogens is 1. The quantitative estimate of drug-likeness (QED) is 0.00866. The number of pyridine rings is 3. The highest BCUT2D eigenvalue weighted by molar-refractivity contribution is 7.85. The van der Waals surface area contributed by atoms with E-state index in [0.717, 1.165) is 117 Å². The number of esters is 1. The molecule has 43 heteroatoms. The molecule has 3 aromatic heterocycles. The molecule has 146 heavy (non-hydrogen) atoms. The number of rotatable bonds is 30. The molecule has 11 N–H and O–H groups in total. The number of β-amino-alcohol motifs (C(OH)–C–C–N with tert-alkyl or cyclic N) is 1. The summed E-state index contributed by atoms with van der Waals surface area (Å²) >= 11 is 5.71. The standard InChI is InChI=1S/C35H45N5O9S.C32H40N4O7.C24H37N3O7.C9H6ClN.C3H7NO3S/c1-5-22-19-35(22,32(43)39-50(45,46)49-24-15-16-24)38-30(41)27-18-25(47-28-17-14-21-10-6-9-13-26(21)36-28)20-40(27)31(42)29(34(2,3)4)37-33(44)48-23-11-7-8-12-23;1-5-20-17-32(20,29(39)40)35-27(37)24-16-22(42-25-15-14-19-10-6-9-13-23(19)33-25)18-36(24)28(38)26(31(2,3)4)34-30(41)43-21-11-7-8-12-21;1-6-14-12-24(14,21(31)33-5)26-19(29)17-11-15(28)13-27(17)20(30)18(23(2,3)4)25-22(32)34-16-9-7-8-10-16;10-9-6-5-7-3-1-2-4-8(7)11-9;4-8(5,6)7-3-1-2-3/h5-6,9-10,13-14,17,22-25,27,29H,1,7-8,11-12,15-16,18-20H2,2-4H3,(H,37,44)(H,38,41)(H,39,43);5-6,9-10,13-15,20-22,24,26H,1,7-8,11-12,16-18H2,2-4H3,(H,34,41)(H,35,37)(H,39,40);6,14-18,28H,1,7-13H2,2-5H3,(H,25,32)(H,26,29);1-6H;3H,1-2H2,(H2,4,5,6)/t22-,25-,27+,29-,35-;20-,22-,24+,26-,32-;14-,15-,17+,18-,24-;;/m111../s1. The van der Waals surface area contributed by atoms with Crippen molar-refractivity contribution in [2.75, 3.05) is 26.7 Å². The summed E-state index contributed by atoms with van der Waals surface area (Å²) in [6, 6.07) is 27.7. The number of ether oxygens (including phenoxy) is 6. The molecule has 0 spiro atoms. The van der Waals surface area contributed by atoms with E-state index in [-0.39, 0.29) is 82.1 Å². The summed E-state index contributed by atoms with van der Waals surface area (Å²) in [5.41, 5.74) is -4.07. The summed E-state index contributed by atoms with van der Waals surface area (Å²) in [5.74, 6) is -6.62. The number of nitrogens with zero attached hydrogens (tertiary/aromatic N) is 6. The number of aliphatic hydroxyl groups is 1. The molecule has 792 valence electrons. The molecular weight excluding hydrogens is 1950 g/mol. The van der Waals surface area contributed by atoms with Gasteiger partial charge in [-0.25, -0.2) is 48.8 Å². The van der Waals surface area contributed by atoms with Crippen molar-refractivity contribution in [2.24, 2.45) is 39.1 Å². The van der Waals surface area contributed by atoms with Crippen molar-refractivity contribution in [3.8, 4) is 11.8 Å². The third-order valence-corrected chi connectivity index (χ3v) is 29.5. The van der Waals surface area contributed by atoms with Crippen LogP contribution in [0, 0.1) is 34.0 Å². The maximum Gasteiger partial charge on any atom is 0.408 e. The minimum atomic E-state index is -4.41. The monoisotopic (exact) mass is 2080 g/mol. The predicted molar refractivity (Wildman–Crippen MR) is 536 cm³/mol. The molecule has 15 atom stereocenters. The lowest BCUT2D eigenvalue weighted by Gasteiger charge is -2.35. The van der Waals surface area contributed by atoms with Gasteiger partial charge in [0.05, 0.1) is 55.1 Å². The van der Waals surface area contributed by atoms with Crippen LogP contribution in [0.15, 0.2) is 147 Å². The number of aliphatic carboxylic acids is 1. The smallest absolute Gasteiger partial charge is 0.408 e. The van der Waals surface area contributed by atoms with Gasteiger partial charge in [0.15, 0.2) is 0 Å². The number of carboxylic acids is 1. The fraction of sp³-hybridized carbons (Fsp3) is 0.563. The molecular formula is C103H135ClN14O26S2. The molecule has 40 nitrogen and oxygen atoms in total. The number of likely N-dealkylation sites (tertiary alicyclic amines) is 3. The molecule has 3 aliphatic heterocycles. The first-order chi connectivity index (χ1) is 68.9. The Morgan fingerprint density at radius 3 is 1.13 bits per heavy atom. The van der Waals surface area contributed by atoms with Crippen LogP contribution in [0.25, 0.3) is 32.7 Å². The third kappa shape index (κ3) is 28.8. The van der Waals surface area contributed by atoms with Gasteiger partial charge in [0.25, 0.3) is 5.91 Å². The van der Waals surface area contributed by atoms with Crippen LogP contribution < -0.4 is 51.2 Å². The van der Waals surface area contributed by atoms with Crippen molar-refractivity contribution in [2.45, 2.75) is 305 Å². The molecule has 6 aromatic rings. The number of hydrogen-bond donors (Lipinski definition) is 10. The number of carboxylic acid groups (broad SMARTS) is 1. The maximum atomic E-state index is 14.4. The number of aliphatic hydroxyl groups excluding tert-OH is 1. The highest BCUT2D eigenvalue weighted by atomic mass is 35.5. The van der Waals surface area contributed by atoms with E-state index < -0.39 is 198 Å². The summed E-state index contributed by atoms with van der Waals surface area (Å²) in [6.07, 6.45) is 13.4. The topological polar surface area (TPSA) is 546 Å². The number of carbonyl (C=O) groups excluding carboxylic acids is 11. The van der Waals surface area contributed by atoms with E-state index in [1.165, 1.54) is 34.0 Å². The summed E-state index contributed by atoms with van der Waals surface area (Å²) in [4.78, 5) is 177. The van der Waals surface area contributed by atoms with E-state index in [0.29, 0.717) is 41.7 Å². The van der Waals surface area contributed by atoms with Crippen LogP contribution in [0.2, 0.25) is 5.15 Å². The van der Waals surface area contributed by atoms with Crippen LogP contribution in [-0.2, 0) is 91.1 Å². The highest BCUT2D eigenvalue weighted by Gasteiger charge is 2.65. The Labute approximate surface area is 854 Å². The van der Waals surface area contributed by atoms with Gasteiger partial charge in [-0.2, -0.15) is 16.8 Å². The zero-order valence-electron chi connectivity index (χ0n) is 83.9. The van der Waals surface area contributed by atoms with Crippen molar-refractivity contribution < 1.29 is 121 Å². The first-order valence-electron chi connectivity index (χ1n) is 49.6. The number of para-hydroxylation sites is 3. The number of carbonyl (C=O) groups is 12. The Morgan fingerprint density at radius 1 is 0.445 bits per heavy atom. The number of methoxy groups -OCH3 is 1. The number of fused-ring (bicyclic) bond motifs is 3. The lowest BCUT2D eigenvalue weighted by atomic mass is 9.85. The maximum absolute atomic E-state index is 14.4. The van der Waals surface area contributed by atoms with Crippen molar-refractivity contribution in [1.29, 1.82) is 0 Å². The number of aromatic nitrogens is 3. The van der Waals surface area contributed by atoms with E-state index in [9.17, 15) is 84.6 Å². The molecule has 0 bridgehead atoms. The van der Waals surface area contributed by atoms with E-state index >= 15 is 0 Å². The average Bonchev–Trinajstić information content (AvgIpc) is 1.57. The Hall–Kier alpha value is -12.2. The number of alkyl carbamates (subject to hydrolysis) is 3. The zero-order valence-corrected chi connectivity index (χ0v) is 86.3. The van der Waals surface area contributed by atoms with Crippen LogP contribution in [0.3, 0.4) is 0 Å². The van der Waals surface area contributed by atoms with E-state index in [2.05, 4.69) is 75.9 Å². The SMILES string of the molecule is C=C[C@@H]1C[C@]1(NC(=O)[C@@H]1C[C@@H](O)CN1C(=O)[C@@H](NC(=O)OC1CCCC1)C(C)(C)C)C(=O)OC.C=C[C@@H]1C[C@]1(NC(=O)[C@@H]1C[C@@H](Oc2ccc3ccccc3n2)CN1C(=O)[C@@H](NC(=O)OC1CCCC1)C(C)(C)C)C(=O)NS(=O)(=O)OC1CC1.C=C[C@@H]1C[C@]1(NC(=O)[C@@H]1C[C@@H](Oc2ccc3ccccc3n2)CN1C(=O)[C@@H](NC(=O)OC1CCCC1)C(C)(C)C)C(=O)O.Clc1ccc2ccccc2n1.NS(=O)(=O)OC1CC1. The molecule has 6 heterocycles. The molecule has 3 saturated heterocycles. The summed E-state index contributed by atoms with van der Waals surface area (Å²) in [6.45, 7) is 27.4. The van der Waals surface area contributed by atoms with Gasteiger partial charge in [0, 0.05) is 71.9 Å². The van der Waals surface area contributed by atoms with Gasteiger partial charge in [0.1, 0.15) is 88.5 Å². The van der Waals surface area contributed by atoms with Crippen LogP contribution >= 0.6 is 11.6 Å². The van der Waals surface area contributed by atoms with Crippen molar-refractivity contribution in [1.82, 2.24) is 66.3 Å². The fourth-order valence-electron chi connectivity index (χ4n) is 19.1. The van der Waals surface area contributed by atoms with E-state index in [4.69, 9.17) is 44.2 Å². The number of nitrogens with two attached hydrogens (primary N) is 1. The average molecular weight is 2080 g/mol. The Balaban J connectivity index is 0.000000169. The minimum absolute atomic E-state index is 0.0228. The third-order valence-electron chi connectivity index (χ3n) is 27.8. The Bertz CT molecular complexity index is 6100. The normalized spacial score (nSPS) is 25.4.